The molecule has 2 rings (SSSR count). The molecule has 20 heavy (non-hydrogen) atoms. The van der Waals surface area contributed by atoms with Crippen LogP contribution in [-0.2, 0) is 9.59 Å². The molecule has 1 aliphatic carbocycles. The molecule has 1 aromatic rings. The predicted octanol–water partition coefficient (Wildman–Crippen LogP) is 2.52. The van der Waals surface area contributed by atoms with E-state index in [0.29, 0.717) is 11.4 Å². The van der Waals surface area contributed by atoms with Gasteiger partial charge in [0.25, 0.3) is 0 Å². The van der Waals surface area contributed by atoms with E-state index in [1.807, 2.05) is 0 Å². The second-order valence-electron chi connectivity index (χ2n) is 5.46. The first kappa shape index (κ1) is 14.4. The molecule has 2 atom stereocenters. The molecule has 108 valence electrons. The van der Waals surface area contributed by atoms with Crippen LogP contribution >= 0.6 is 0 Å². The standard InChI is InChI=1S/C15H19NO4/c1-3-15(2)8-12(15)14(19)16-10-4-6-11(7-5-10)20-9-13(17)18/h4-7,12H,3,8-9H2,1-2H3,(H,16,19)(H,17,18). The maximum absolute atomic E-state index is 12.0. The molecule has 0 aliphatic heterocycles. The Morgan fingerprint density at radius 3 is 2.55 bits per heavy atom. The quantitative estimate of drug-likeness (QED) is 0.837. The molecule has 5 nitrogen and oxygen atoms in total. The molecule has 1 saturated carbocycles. The van der Waals surface area contributed by atoms with Crippen LogP contribution in [0.4, 0.5) is 5.69 Å². The summed E-state index contributed by atoms with van der Waals surface area (Å²) in [6.45, 7) is 3.85. The molecular formula is C15H19NO4. The third-order valence-corrected chi connectivity index (χ3v) is 3.96. The van der Waals surface area contributed by atoms with Gasteiger partial charge < -0.3 is 15.2 Å². The molecule has 0 heterocycles. The van der Waals surface area contributed by atoms with Crippen molar-refractivity contribution >= 4 is 17.6 Å². The van der Waals surface area contributed by atoms with Gasteiger partial charge in [0.2, 0.25) is 5.91 Å². The Morgan fingerprint density at radius 1 is 1.40 bits per heavy atom. The number of amides is 1. The van der Waals surface area contributed by atoms with Gasteiger partial charge in [-0.25, -0.2) is 4.79 Å². The zero-order valence-electron chi connectivity index (χ0n) is 11.7. The molecular weight excluding hydrogens is 258 g/mol. The van der Waals surface area contributed by atoms with E-state index in [4.69, 9.17) is 9.84 Å². The summed E-state index contributed by atoms with van der Waals surface area (Å²) in [7, 11) is 0. The molecule has 1 fully saturated rings. The number of aliphatic carboxylic acids is 1. The summed E-state index contributed by atoms with van der Waals surface area (Å²) in [5.74, 6) is -0.408. The SMILES string of the molecule is CCC1(C)CC1C(=O)Nc1ccc(OCC(=O)O)cc1. The van der Waals surface area contributed by atoms with Gasteiger partial charge in [-0.15, -0.1) is 0 Å². The molecule has 0 bridgehead atoms. The number of ether oxygens (including phenoxy) is 1. The minimum Gasteiger partial charge on any atom is -0.482 e. The van der Waals surface area contributed by atoms with E-state index in [1.165, 1.54) is 0 Å². The van der Waals surface area contributed by atoms with E-state index in [2.05, 4.69) is 19.2 Å². The van der Waals surface area contributed by atoms with Crippen molar-refractivity contribution in [3.63, 3.8) is 0 Å². The van der Waals surface area contributed by atoms with Crippen molar-refractivity contribution in [2.24, 2.45) is 11.3 Å². The van der Waals surface area contributed by atoms with Crippen molar-refractivity contribution < 1.29 is 19.4 Å². The third-order valence-electron chi connectivity index (χ3n) is 3.96. The van der Waals surface area contributed by atoms with Crippen LogP contribution in [0.25, 0.3) is 0 Å². The first-order chi connectivity index (χ1) is 9.44. The Labute approximate surface area is 117 Å². The van der Waals surface area contributed by atoms with E-state index in [0.717, 1.165) is 12.8 Å². The van der Waals surface area contributed by atoms with Crippen LogP contribution in [0.1, 0.15) is 26.7 Å². The van der Waals surface area contributed by atoms with E-state index in [9.17, 15) is 9.59 Å². The number of carbonyl (C=O) groups excluding carboxylic acids is 1. The van der Waals surface area contributed by atoms with E-state index in [1.54, 1.807) is 24.3 Å². The topological polar surface area (TPSA) is 75.6 Å². The smallest absolute Gasteiger partial charge is 0.341 e. The average Bonchev–Trinajstić information content (AvgIpc) is 3.11. The molecule has 0 aromatic heterocycles. The summed E-state index contributed by atoms with van der Waals surface area (Å²) in [5, 5.41) is 11.4. The van der Waals surface area contributed by atoms with Crippen LogP contribution in [0.15, 0.2) is 24.3 Å². The number of benzene rings is 1. The summed E-state index contributed by atoms with van der Waals surface area (Å²) < 4.78 is 5.03. The fourth-order valence-electron chi connectivity index (χ4n) is 2.22. The number of hydrogen-bond donors (Lipinski definition) is 2. The molecule has 1 aromatic carbocycles. The van der Waals surface area contributed by atoms with Crippen molar-refractivity contribution in [1.82, 2.24) is 0 Å². The Balaban J connectivity index is 1.88. The average molecular weight is 277 g/mol. The number of carboxylic acid groups (broad SMARTS) is 1. The monoisotopic (exact) mass is 277 g/mol. The fourth-order valence-corrected chi connectivity index (χ4v) is 2.22. The number of anilines is 1. The number of nitrogens with one attached hydrogen (secondary N) is 1. The molecule has 5 heteroatoms. The lowest BCUT2D eigenvalue weighted by molar-refractivity contribution is -0.139. The van der Waals surface area contributed by atoms with Gasteiger partial charge in [0, 0.05) is 11.6 Å². The second kappa shape index (κ2) is 5.53. The largest absolute Gasteiger partial charge is 0.482 e. The Hall–Kier alpha value is -2.04. The number of hydrogen-bond acceptors (Lipinski definition) is 3. The number of carbonyl (C=O) groups is 2. The van der Waals surface area contributed by atoms with Gasteiger partial charge in [0.05, 0.1) is 0 Å². The zero-order valence-corrected chi connectivity index (χ0v) is 11.7. The fraction of sp³-hybridized carbons (Fsp3) is 0.467. The summed E-state index contributed by atoms with van der Waals surface area (Å²) in [5.41, 5.74) is 0.845. The lowest BCUT2D eigenvalue weighted by Gasteiger charge is -2.09. The molecule has 2 N–H and O–H groups in total. The maximum atomic E-state index is 12.0. The van der Waals surface area contributed by atoms with Gasteiger partial charge in [-0.3, -0.25) is 4.79 Å². The summed E-state index contributed by atoms with van der Waals surface area (Å²) in [4.78, 5) is 22.4. The van der Waals surface area contributed by atoms with Crippen molar-refractivity contribution in [3.8, 4) is 5.75 Å². The first-order valence-corrected chi connectivity index (χ1v) is 6.70. The molecule has 1 aliphatic rings. The predicted molar refractivity (Wildman–Crippen MR) is 74.7 cm³/mol. The molecule has 0 radical (unpaired) electrons. The van der Waals surface area contributed by atoms with Gasteiger partial charge in [-0.2, -0.15) is 0 Å². The van der Waals surface area contributed by atoms with Gasteiger partial charge >= 0.3 is 5.97 Å². The van der Waals surface area contributed by atoms with Crippen LogP contribution in [0.3, 0.4) is 0 Å². The molecule has 1 amide bonds. The van der Waals surface area contributed by atoms with Crippen LogP contribution in [0.2, 0.25) is 0 Å². The highest BCUT2D eigenvalue weighted by molar-refractivity contribution is 5.95. The van der Waals surface area contributed by atoms with Crippen LogP contribution in [0.5, 0.6) is 5.75 Å². The van der Waals surface area contributed by atoms with Gasteiger partial charge in [0.1, 0.15) is 5.75 Å². The van der Waals surface area contributed by atoms with Crippen molar-refractivity contribution in [3.05, 3.63) is 24.3 Å². The molecule has 0 saturated heterocycles. The normalized spacial score (nSPS) is 24.0. The first-order valence-electron chi connectivity index (χ1n) is 6.70. The molecule has 2 unspecified atom stereocenters. The number of rotatable bonds is 6. The van der Waals surface area contributed by atoms with Crippen LogP contribution < -0.4 is 10.1 Å². The number of carboxylic acids is 1. The van der Waals surface area contributed by atoms with Gasteiger partial charge in [-0.1, -0.05) is 13.8 Å². The maximum Gasteiger partial charge on any atom is 0.341 e. The van der Waals surface area contributed by atoms with E-state index in [-0.39, 0.29) is 23.8 Å². The molecule has 0 spiro atoms. The van der Waals surface area contributed by atoms with Gasteiger partial charge in [0.15, 0.2) is 6.61 Å². The van der Waals surface area contributed by atoms with Crippen LogP contribution in [-0.4, -0.2) is 23.6 Å². The highest BCUT2D eigenvalue weighted by atomic mass is 16.5. The second-order valence-corrected chi connectivity index (χ2v) is 5.46. The summed E-state index contributed by atoms with van der Waals surface area (Å²) >= 11 is 0. The van der Waals surface area contributed by atoms with Crippen LogP contribution in [0, 0.1) is 11.3 Å². The summed E-state index contributed by atoms with van der Waals surface area (Å²) in [6, 6.07) is 6.70. The van der Waals surface area contributed by atoms with Gasteiger partial charge in [-0.05, 0) is 42.5 Å². The minimum atomic E-state index is -1.02. The highest BCUT2D eigenvalue weighted by Gasteiger charge is 2.52. The lowest BCUT2D eigenvalue weighted by atomic mass is 10.0. The highest BCUT2D eigenvalue weighted by Crippen LogP contribution is 2.55. The van der Waals surface area contributed by atoms with Crippen molar-refractivity contribution in [2.75, 3.05) is 11.9 Å². The zero-order chi connectivity index (χ0) is 14.8. The Bertz CT molecular complexity index is 511. The van der Waals surface area contributed by atoms with E-state index < -0.39 is 5.97 Å². The third kappa shape index (κ3) is 3.29. The summed E-state index contributed by atoms with van der Waals surface area (Å²) in [6.07, 6.45) is 1.95. The Kier molecular flexibility index (Phi) is 3.97. The van der Waals surface area contributed by atoms with Crippen molar-refractivity contribution in [1.29, 1.82) is 0 Å². The van der Waals surface area contributed by atoms with E-state index >= 15 is 0 Å². The lowest BCUT2D eigenvalue weighted by Crippen LogP contribution is -2.17. The minimum absolute atomic E-state index is 0.0496. The van der Waals surface area contributed by atoms with Crippen molar-refractivity contribution in [2.45, 2.75) is 26.7 Å². The Morgan fingerprint density at radius 2 is 2.05 bits per heavy atom.